The second kappa shape index (κ2) is 5.54. The first-order chi connectivity index (χ1) is 10.0. The largest absolute Gasteiger partial charge is 0.376 e. The first kappa shape index (κ1) is 14.2. The maximum Gasteiger partial charge on any atom is 0.293 e. The van der Waals surface area contributed by atoms with E-state index in [1.165, 1.54) is 23.3 Å². The number of nitro benzene ring substituents is 1. The first-order valence-corrected chi connectivity index (χ1v) is 7.27. The number of benzene rings is 2. The highest BCUT2D eigenvalue weighted by molar-refractivity contribution is 6.42. The SMILES string of the molecule is O=[N+]([O-])c1cc(Cl)c(Cl)cc1NC1Cc2ccccc2C1. The Morgan fingerprint density at radius 1 is 1.10 bits per heavy atom. The summed E-state index contributed by atoms with van der Waals surface area (Å²) in [5, 5.41) is 14.9. The van der Waals surface area contributed by atoms with E-state index in [9.17, 15) is 10.1 Å². The zero-order valence-electron chi connectivity index (χ0n) is 11.0. The summed E-state index contributed by atoms with van der Waals surface area (Å²) in [7, 11) is 0. The molecule has 0 atom stereocenters. The molecular formula is C15H12Cl2N2O2. The molecular weight excluding hydrogens is 311 g/mol. The van der Waals surface area contributed by atoms with Gasteiger partial charge in [-0.15, -0.1) is 0 Å². The minimum atomic E-state index is -0.452. The molecule has 3 rings (SSSR count). The molecule has 1 aliphatic carbocycles. The zero-order chi connectivity index (χ0) is 15.0. The fourth-order valence-electron chi connectivity index (χ4n) is 2.68. The number of fused-ring (bicyclic) bond motifs is 1. The van der Waals surface area contributed by atoms with Crippen molar-refractivity contribution in [1.29, 1.82) is 0 Å². The summed E-state index contributed by atoms with van der Waals surface area (Å²) in [6.07, 6.45) is 1.68. The van der Waals surface area contributed by atoms with Gasteiger partial charge in [0.2, 0.25) is 0 Å². The van der Waals surface area contributed by atoms with Gasteiger partial charge >= 0.3 is 0 Å². The van der Waals surface area contributed by atoms with Gasteiger partial charge in [-0.2, -0.15) is 0 Å². The molecule has 0 saturated carbocycles. The molecule has 0 radical (unpaired) electrons. The third-order valence-corrected chi connectivity index (χ3v) is 4.37. The quantitative estimate of drug-likeness (QED) is 0.669. The van der Waals surface area contributed by atoms with Crippen LogP contribution in [0.15, 0.2) is 36.4 Å². The van der Waals surface area contributed by atoms with Crippen molar-refractivity contribution in [2.24, 2.45) is 0 Å². The third-order valence-electron chi connectivity index (χ3n) is 3.65. The monoisotopic (exact) mass is 322 g/mol. The van der Waals surface area contributed by atoms with Crippen LogP contribution in [0, 0.1) is 10.1 Å². The molecule has 0 bridgehead atoms. The van der Waals surface area contributed by atoms with E-state index < -0.39 is 4.92 Å². The van der Waals surface area contributed by atoms with Gasteiger partial charge in [0, 0.05) is 12.1 Å². The van der Waals surface area contributed by atoms with E-state index in [0.717, 1.165) is 12.8 Å². The van der Waals surface area contributed by atoms with E-state index in [1.54, 1.807) is 0 Å². The molecule has 0 amide bonds. The molecule has 0 fully saturated rings. The van der Waals surface area contributed by atoms with E-state index >= 15 is 0 Å². The Kier molecular flexibility index (Phi) is 3.74. The van der Waals surface area contributed by atoms with Crippen molar-refractivity contribution in [1.82, 2.24) is 0 Å². The maximum atomic E-state index is 11.1. The second-order valence-corrected chi connectivity index (χ2v) is 5.87. The van der Waals surface area contributed by atoms with E-state index in [2.05, 4.69) is 17.4 Å². The molecule has 0 aliphatic heterocycles. The lowest BCUT2D eigenvalue weighted by Gasteiger charge is -2.14. The van der Waals surface area contributed by atoms with Crippen molar-refractivity contribution in [2.75, 3.05) is 5.32 Å². The Morgan fingerprint density at radius 3 is 2.24 bits per heavy atom. The summed E-state index contributed by atoms with van der Waals surface area (Å²) in [6, 6.07) is 11.1. The van der Waals surface area contributed by atoms with Crippen LogP contribution in [0.4, 0.5) is 11.4 Å². The van der Waals surface area contributed by atoms with Crippen LogP contribution in [0.5, 0.6) is 0 Å². The molecule has 0 heterocycles. The lowest BCUT2D eigenvalue weighted by atomic mass is 10.1. The van der Waals surface area contributed by atoms with Gasteiger partial charge in [0.25, 0.3) is 5.69 Å². The molecule has 2 aromatic rings. The Labute approximate surface area is 131 Å². The van der Waals surface area contributed by atoms with Crippen LogP contribution in [-0.2, 0) is 12.8 Å². The Balaban J connectivity index is 1.86. The van der Waals surface area contributed by atoms with Crippen LogP contribution in [0.2, 0.25) is 10.0 Å². The Bertz CT molecular complexity index is 694. The number of nitro groups is 1. The Morgan fingerprint density at radius 2 is 1.67 bits per heavy atom. The molecule has 0 spiro atoms. The minimum absolute atomic E-state index is 0.0552. The number of nitrogens with one attached hydrogen (secondary N) is 1. The van der Waals surface area contributed by atoms with Crippen molar-refractivity contribution in [2.45, 2.75) is 18.9 Å². The molecule has 1 aliphatic rings. The lowest BCUT2D eigenvalue weighted by molar-refractivity contribution is -0.384. The van der Waals surface area contributed by atoms with Gasteiger partial charge in [-0.3, -0.25) is 10.1 Å². The van der Waals surface area contributed by atoms with E-state index in [0.29, 0.717) is 10.7 Å². The van der Waals surface area contributed by atoms with Crippen molar-refractivity contribution >= 4 is 34.6 Å². The number of anilines is 1. The molecule has 1 N–H and O–H groups in total. The highest BCUT2D eigenvalue weighted by atomic mass is 35.5. The van der Waals surface area contributed by atoms with Gasteiger partial charge in [-0.25, -0.2) is 0 Å². The summed E-state index contributed by atoms with van der Waals surface area (Å²) >= 11 is 11.8. The first-order valence-electron chi connectivity index (χ1n) is 6.51. The molecule has 6 heteroatoms. The van der Waals surface area contributed by atoms with Gasteiger partial charge in [-0.05, 0) is 30.0 Å². The predicted octanol–water partition coefficient (Wildman–Crippen LogP) is 4.48. The molecule has 0 unspecified atom stereocenters. The molecule has 2 aromatic carbocycles. The summed E-state index contributed by atoms with van der Waals surface area (Å²) in [6.45, 7) is 0. The van der Waals surface area contributed by atoms with Crippen LogP contribution >= 0.6 is 23.2 Å². The summed E-state index contributed by atoms with van der Waals surface area (Å²) in [5.41, 5.74) is 2.91. The van der Waals surface area contributed by atoms with E-state index in [-0.39, 0.29) is 16.8 Å². The third kappa shape index (κ3) is 2.82. The van der Waals surface area contributed by atoms with Crippen LogP contribution < -0.4 is 5.32 Å². The van der Waals surface area contributed by atoms with Crippen LogP contribution in [0.3, 0.4) is 0 Å². The van der Waals surface area contributed by atoms with Crippen molar-refractivity contribution in [3.05, 3.63) is 67.7 Å². The average Bonchev–Trinajstić information content (AvgIpc) is 2.84. The standard InChI is InChI=1S/C15H12Cl2N2O2/c16-12-7-14(15(19(20)21)8-13(12)17)18-11-5-9-3-1-2-4-10(9)6-11/h1-4,7-8,11,18H,5-6H2. The summed E-state index contributed by atoms with van der Waals surface area (Å²) in [4.78, 5) is 10.7. The van der Waals surface area contributed by atoms with Gasteiger partial charge in [0.05, 0.1) is 15.0 Å². The number of hydrogen-bond donors (Lipinski definition) is 1. The minimum Gasteiger partial charge on any atom is -0.376 e. The lowest BCUT2D eigenvalue weighted by Crippen LogP contribution is -2.20. The molecule has 0 aromatic heterocycles. The normalized spacial score (nSPS) is 14.0. The number of halogens is 2. The average molecular weight is 323 g/mol. The summed E-state index contributed by atoms with van der Waals surface area (Å²) in [5.74, 6) is 0. The van der Waals surface area contributed by atoms with Gasteiger partial charge < -0.3 is 5.32 Å². The van der Waals surface area contributed by atoms with Gasteiger partial charge in [0.1, 0.15) is 5.69 Å². The van der Waals surface area contributed by atoms with E-state index in [1.807, 2.05) is 12.1 Å². The molecule has 108 valence electrons. The van der Waals surface area contributed by atoms with Crippen LogP contribution in [0.1, 0.15) is 11.1 Å². The Hall–Kier alpha value is -1.78. The molecule has 21 heavy (non-hydrogen) atoms. The maximum absolute atomic E-state index is 11.1. The van der Waals surface area contributed by atoms with Gasteiger partial charge in [0.15, 0.2) is 0 Å². The van der Waals surface area contributed by atoms with Gasteiger partial charge in [-0.1, -0.05) is 47.5 Å². The zero-order valence-corrected chi connectivity index (χ0v) is 12.5. The van der Waals surface area contributed by atoms with Crippen molar-refractivity contribution in [3.63, 3.8) is 0 Å². The van der Waals surface area contributed by atoms with Crippen molar-refractivity contribution < 1.29 is 4.92 Å². The van der Waals surface area contributed by atoms with Crippen LogP contribution in [0.25, 0.3) is 0 Å². The predicted molar refractivity (Wildman–Crippen MR) is 84.4 cm³/mol. The molecule has 4 nitrogen and oxygen atoms in total. The smallest absolute Gasteiger partial charge is 0.293 e. The second-order valence-electron chi connectivity index (χ2n) is 5.06. The van der Waals surface area contributed by atoms with E-state index in [4.69, 9.17) is 23.2 Å². The highest BCUT2D eigenvalue weighted by Crippen LogP contribution is 2.35. The number of rotatable bonds is 3. The van der Waals surface area contributed by atoms with Crippen LogP contribution in [-0.4, -0.2) is 11.0 Å². The summed E-state index contributed by atoms with van der Waals surface area (Å²) < 4.78 is 0. The number of hydrogen-bond acceptors (Lipinski definition) is 3. The molecule has 0 saturated heterocycles. The van der Waals surface area contributed by atoms with Crippen molar-refractivity contribution in [3.8, 4) is 0 Å². The topological polar surface area (TPSA) is 55.2 Å². The fourth-order valence-corrected chi connectivity index (χ4v) is 3.01. The highest BCUT2D eigenvalue weighted by Gasteiger charge is 2.24. The number of nitrogens with zero attached hydrogens (tertiary/aromatic N) is 1. The fraction of sp³-hybridized carbons (Fsp3) is 0.200.